The van der Waals surface area contributed by atoms with Crippen molar-refractivity contribution in [3.8, 4) is 0 Å². The molecule has 3 aliphatic heterocycles. The SMILES string of the molecule is C.CC1CCCN(C)C1.CC1CCCN(C)C1.CC1CCN(C)CC1.CCC(C)C(C)NC.CNC(C)CC(C)C. The van der Waals surface area contributed by atoms with Crippen molar-refractivity contribution in [1.82, 2.24) is 25.3 Å². The summed E-state index contributed by atoms with van der Waals surface area (Å²) in [6.07, 6.45) is 11.0. The lowest BCUT2D eigenvalue weighted by atomic mass is 10.00. The molecule has 5 atom stereocenters. The highest BCUT2D eigenvalue weighted by Crippen LogP contribution is 2.14. The molecule has 41 heavy (non-hydrogen) atoms. The lowest BCUT2D eigenvalue weighted by molar-refractivity contribution is 0.221. The number of rotatable bonds is 6. The molecule has 0 aliphatic carbocycles. The van der Waals surface area contributed by atoms with E-state index in [1.165, 1.54) is 90.6 Å². The first-order valence-corrected chi connectivity index (χ1v) is 17.1. The average Bonchev–Trinajstić information content (AvgIpc) is 2.90. The Hall–Kier alpha value is -0.200. The van der Waals surface area contributed by atoms with Crippen molar-refractivity contribution in [2.45, 2.75) is 133 Å². The van der Waals surface area contributed by atoms with Crippen molar-refractivity contribution < 1.29 is 0 Å². The Labute approximate surface area is 262 Å². The molecule has 3 saturated heterocycles. The fourth-order valence-electron chi connectivity index (χ4n) is 5.45. The molecule has 0 radical (unpaired) electrons. The molecule has 0 saturated carbocycles. The maximum absolute atomic E-state index is 3.22. The molecule has 5 heteroatoms. The van der Waals surface area contributed by atoms with Crippen LogP contribution in [0.25, 0.3) is 0 Å². The molecule has 2 N–H and O–H groups in total. The van der Waals surface area contributed by atoms with Gasteiger partial charge in [-0.05, 0) is 150 Å². The zero-order chi connectivity index (χ0) is 31.1. The summed E-state index contributed by atoms with van der Waals surface area (Å²) in [5.41, 5.74) is 0. The zero-order valence-electron chi connectivity index (χ0n) is 30.3. The summed E-state index contributed by atoms with van der Waals surface area (Å²) >= 11 is 0. The first-order valence-electron chi connectivity index (χ1n) is 17.1. The molecule has 0 spiro atoms. The van der Waals surface area contributed by atoms with Gasteiger partial charge in [-0.2, -0.15) is 0 Å². The number of hydrogen-bond donors (Lipinski definition) is 2. The molecule has 0 aromatic heterocycles. The minimum Gasteiger partial charge on any atom is -0.317 e. The topological polar surface area (TPSA) is 33.8 Å². The highest BCUT2D eigenvalue weighted by atomic mass is 15.1. The molecule has 0 aromatic rings. The van der Waals surface area contributed by atoms with Gasteiger partial charge in [-0.1, -0.05) is 62.3 Å². The van der Waals surface area contributed by atoms with Crippen LogP contribution in [0.2, 0.25) is 0 Å². The quantitative estimate of drug-likeness (QED) is 0.330. The van der Waals surface area contributed by atoms with Crippen molar-refractivity contribution in [3.63, 3.8) is 0 Å². The van der Waals surface area contributed by atoms with Crippen LogP contribution in [-0.2, 0) is 0 Å². The van der Waals surface area contributed by atoms with E-state index in [1.807, 2.05) is 14.1 Å². The Morgan fingerprint density at radius 1 is 0.634 bits per heavy atom. The van der Waals surface area contributed by atoms with Crippen molar-refractivity contribution in [2.24, 2.45) is 29.6 Å². The van der Waals surface area contributed by atoms with E-state index in [9.17, 15) is 0 Å². The summed E-state index contributed by atoms with van der Waals surface area (Å²) in [5.74, 6) is 4.48. The Morgan fingerprint density at radius 3 is 1.27 bits per heavy atom. The van der Waals surface area contributed by atoms with Crippen LogP contribution in [0.5, 0.6) is 0 Å². The van der Waals surface area contributed by atoms with Crippen molar-refractivity contribution >= 4 is 0 Å². The van der Waals surface area contributed by atoms with Gasteiger partial charge >= 0.3 is 0 Å². The second-order valence-corrected chi connectivity index (χ2v) is 14.3. The van der Waals surface area contributed by atoms with E-state index in [2.05, 4.69) is 109 Å². The number of hydrogen-bond acceptors (Lipinski definition) is 5. The standard InChI is InChI=1S/3C7H15N.2C7H17N.CH4/c1-7-3-5-8(2)6-4-7;2*1-7-4-3-5-8(2)6-7;1-6(2)5-7(3)8-4;1-5-6(2)7(3)8-4;/h3*7H,3-6H2,1-2H3;2*6-8H,5H2,1-4H3;1H4. The highest BCUT2D eigenvalue weighted by molar-refractivity contribution is 4.67. The first-order chi connectivity index (χ1) is 18.7. The maximum atomic E-state index is 3.22. The van der Waals surface area contributed by atoms with Crippen LogP contribution in [0.15, 0.2) is 0 Å². The molecule has 0 amide bonds. The highest BCUT2D eigenvalue weighted by Gasteiger charge is 2.12. The third kappa shape index (κ3) is 29.6. The average molecular weight is 586 g/mol. The van der Waals surface area contributed by atoms with Crippen molar-refractivity contribution in [3.05, 3.63) is 0 Å². The summed E-state index contributed by atoms with van der Waals surface area (Å²) in [4.78, 5) is 7.22. The van der Waals surface area contributed by atoms with E-state index in [-0.39, 0.29) is 7.43 Å². The molecule has 252 valence electrons. The van der Waals surface area contributed by atoms with Gasteiger partial charge in [0.15, 0.2) is 0 Å². The van der Waals surface area contributed by atoms with Gasteiger partial charge in [0.2, 0.25) is 0 Å². The molecule has 0 bridgehead atoms. The second-order valence-electron chi connectivity index (χ2n) is 14.3. The van der Waals surface area contributed by atoms with Crippen LogP contribution in [0.4, 0.5) is 0 Å². The molecule has 3 aliphatic rings. The predicted molar refractivity (Wildman–Crippen MR) is 190 cm³/mol. The van der Waals surface area contributed by atoms with Crippen LogP contribution in [0, 0.1) is 29.6 Å². The van der Waals surface area contributed by atoms with Crippen molar-refractivity contribution in [2.75, 3.05) is 74.5 Å². The molecular formula is C36H83N5. The van der Waals surface area contributed by atoms with Gasteiger partial charge < -0.3 is 25.3 Å². The van der Waals surface area contributed by atoms with E-state index in [4.69, 9.17) is 0 Å². The minimum atomic E-state index is 0. The Morgan fingerprint density at radius 2 is 1.07 bits per heavy atom. The van der Waals surface area contributed by atoms with Gasteiger partial charge in [0.1, 0.15) is 0 Å². The summed E-state index contributed by atoms with van der Waals surface area (Å²) in [6.45, 7) is 28.2. The van der Waals surface area contributed by atoms with Gasteiger partial charge in [0.25, 0.3) is 0 Å². The number of nitrogens with one attached hydrogen (secondary N) is 2. The summed E-state index contributed by atoms with van der Waals surface area (Å²) < 4.78 is 0. The maximum Gasteiger partial charge on any atom is 0.00612 e. The van der Waals surface area contributed by atoms with Crippen LogP contribution in [0.1, 0.15) is 121 Å². The summed E-state index contributed by atoms with van der Waals surface area (Å²) in [6, 6.07) is 1.34. The van der Waals surface area contributed by atoms with Gasteiger partial charge in [0, 0.05) is 25.2 Å². The molecule has 3 fully saturated rings. The van der Waals surface area contributed by atoms with E-state index in [0.29, 0.717) is 12.1 Å². The van der Waals surface area contributed by atoms with Crippen LogP contribution in [-0.4, -0.2) is 101 Å². The third-order valence-electron chi connectivity index (χ3n) is 9.00. The zero-order valence-corrected chi connectivity index (χ0v) is 30.3. The van der Waals surface area contributed by atoms with Crippen LogP contribution in [0.3, 0.4) is 0 Å². The predicted octanol–water partition coefficient (Wildman–Crippen LogP) is 7.96. The smallest absolute Gasteiger partial charge is 0.00612 e. The van der Waals surface area contributed by atoms with Crippen molar-refractivity contribution in [1.29, 1.82) is 0 Å². The molecule has 5 nitrogen and oxygen atoms in total. The molecule has 5 unspecified atom stereocenters. The normalized spacial score (nSPS) is 24.4. The van der Waals surface area contributed by atoms with E-state index in [1.54, 1.807) is 0 Å². The third-order valence-corrected chi connectivity index (χ3v) is 9.00. The number of likely N-dealkylation sites (tertiary alicyclic amines) is 3. The first kappa shape index (κ1) is 45.2. The fourth-order valence-corrected chi connectivity index (χ4v) is 5.45. The number of piperidine rings is 3. The molecule has 0 aromatic carbocycles. The Balaban J connectivity index is -0.000000438. The lowest BCUT2D eigenvalue weighted by Crippen LogP contribution is -2.30. The summed E-state index contributed by atoms with van der Waals surface area (Å²) in [7, 11) is 10.6. The molecule has 3 rings (SSSR count). The number of nitrogens with zero attached hydrogens (tertiary/aromatic N) is 3. The molecule has 3 heterocycles. The Kier molecular flexibility index (Phi) is 31.5. The van der Waals surface area contributed by atoms with Gasteiger partial charge in [-0.3, -0.25) is 0 Å². The molecular weight excluding hydrogens is 502 g/mol. The Bertz CT molecular complexity index is 462. The fraction of sp³-hybridized carbons (Fsp3) is 1.00. The largest absolute Gasteiger partial charge is 0.317 e. The van der Waals surface area contributed by atoms with Crippen LogP contribution < -0.4 is 10.6 Å². The van der Waals surface area contributed by atoms with E-state index >= 15 is 0 Å². The minimum absolute atomic E-state index is 0. The monoisotopic (exact) mass is 586 g/mol. The second kappa shape index (κ2) is 28.6. The van der Waals surface area contributed by atoms with Gasteiger partial charge in [-0.15, -0.1) is 0 Å². The van der Waals surface area contributed by atoms with Gasteiger partial charge in [-0.25, -0.2) is 0 Å². The van der Waals surface area contributed by atoms with Gasteiger partial charge in [0.05, 0.1) is 0 Å². The van der Waals surface area contributed by atoms with E-state index < -0.39 is 0 Å². The van der Waals surface area contributed by atoms with E-state index in [0.717, 1.165) is 29.6 Å². The van der Waals surface area contributed by atoms with Crippen LogP contribution >= 0.6 is 0 Å². The lowest BCUT2D eigenvalue weighted by Gasteiger charge is -2.26. The summed E-state index contributed by atoms with van der Waals surface area (Å²) in [5, 5.41) is 6.41.